The van der Waals surface area contributed by atoms with Crippen molar-refractivity contribution < 1.29 is 14.3 Å². The minimum Gasteiger partial charge on any atom is -0.467 e. The average molecular weight is 497 g/mol. The lowest BCUT2D eigenvalue weighted by Gasteiger charge is -2.39. The van der Waals surface area contributed by atoms with Gasteiger partial charge in [0.1, 0.15) is 18.1 Å². The molecule has 0 bridgehead atoms. The van der Waals surface area contributed by atoms with Crippen LogP contribution in [-0.4, -0.2) is 73.3 Å². The van der Waals surface area contributed by atoms with Crippen LogP contribution >= 0.6 is 0 Å². The Bertz CT molecular complexity index is 1430. The van der Waals surface area contributed by atoms with Crippen LogP contribution < -0.4 is 4.74 Å². The molecule has 4 heterocycles. The molecule has 11 nitrogen and oxygen atoms in total. The Morgan fingerprint density at radius 3 is 2.59 bits per heavy atom. The summed E-state index contributed by atoms with van der Waals surface area (Å²) in [6.07, 6.45) is 4.96. The summed E-state index contributed by atoms with van der Waals surface area (Å²) in [5.74, 6) is 0.828. The minimum atomic E-state index is -0.281. The van der Waals surface area contributed by atoms with Gasteiger partial charge < -0.3 is 14.4 Å². The van der Waals surface area contributed by atoms with Crippen molar-refractivity contribution in [3.05, 3.63) is 89.8 Å². The van der Waals surface area contributed by atoms with Crippen LogP contribution in [0.15, 0.2) is 67.3 Å². The maximum Gasteiger partial charge on any atom is 0.346 e. The highest BCUT2D eigenvalue weighted by Crippen LogP contribution is 2.34. The van der Waals surface area contributed by atoms with E-state index in [9.17, 15) is 4.79 Å². The zero-order valence-corrected chi connectivity index (χ0v) is 20.0. The highest BCUT2D eigenvalue weighted by Gasteiger charge is 2.30. The first-order valence-electron chi connectivity index (χ1n) is 12.0. The molecular weight excluding hydrogens is 472 g/mol. The standard InChI is InChI=1S/C26H24N8O3/c27-15-24-28-17-34(30-24)26(35)32-12-10-31(11-13-32)25(20-4-7-23-21(14-20)16-36-18-37-23)19-2-5-22(6-3-19)33-9-1-8-29-33/h1-9,14,17,25H,10-13,16,18H2. The minimum absolute atomic E-state index is 0.0206. The largest absolute Gasteiger partial charge is 0.467 e. The summed E-state index contributed by atoms with van der Waals surface area (Å²) in [6, 6.07) is 18.1. The van der Waals surface area contributed by atoms with Crippen LogP contribution in [0.25, 0.3) is 5.69 Å². The van der Waals surface area contributed by atoms with Crippen molar-refractivity contribution in [1.82, 2.24) is 34.3 Å². The number of amides is 1. The lowest BCUT2D eigenvalue weighted by atomic mass is 9.94. The lowest BCUT2D eigenvalue weighted by Crippen LogP contribution is -2.51. The van der Waals surface area contributed by atoms with Crippen molar-refractivity contribution in [2.75, 3.05) is 33.0 Å². The Morgan fingerprint density at radius 2 is 1.86 bits per heavy atom. The van der Waals surface area contributed by atoms with Gasteiger partial charge in [-0.25, -0.2) is 14.5 Å². The van der Waals surface area contributed by atoms with Crippen molar-refractivity contribution in [2.24, 2.45) is 0 Å². The summed E-state index contributed by atoms with van der Waals surface area (Å²) in [5.41, 5.74) is 4.28. The molecule has 0 N–H and O–H groups in total. The van der Waals surface area contributed by atoms with E-state index in [1.54, 1.807) is 11.1 Å². The van der Waals surface area contributed by atoms with Gasteiger partial charge in [-0.15, -0.1) is 5.10 Å². The van der Waals surface area contributed by atoms with Gasteiger partial charge in [-0.3, -0.25) is 4.90 Å². The number of benzene rings is 2. The molecule has 11 heteroatoms. The van der Waals surface area contributed by atoms with Crippen molar-refractivity contribution in [2.45, 2.75) is 12.6 Å². The molecule has 0 radical (unpaired) electrons. The van der Waals surface area contributed by atoms with E-state index in [4.69, 9.17) is 14.7 Å². The Hall–Kier alpha value is -4.53. The zero-order chi connectivity index (χ0) is 25.2. The maximum absolute atomic E-state index is 12.9. The lowest BCUT2D eigenvalue weighted by molar-refractivity contribution is -0.0164. The number of carbonyl (C=O) groups is 1. The third-order valence-electron chi connectivity index (χ3n) is 6.67. The predicted octanol–water partition coefficient (Wildman–Crippen LogP) is 2.58. The highest BCUT2D eigenvalue weighted by molar-refractivity contribution is 5.75. The topological polar surface area (TPSA) is 114 Å². The average Bonchev–Trinajstić information content (AvgIpc) is 3.67. The molecular formula is C26H24N8O3. The van der Waals surface area contributed by atoms with E-state index in [1.807, 2.05) is 29.1 Å². The maximum atomic E-state index is 12.9. The van der Waals surface area contributed by atoms with Gasteiger partial charge in [0.15, 0.2) is 6.79 Å². The fourth-order valence-corrected chi connectivity index (χ4v) is 4.85. The molecule has 2 aromatic heterocycles. The molecule has 2 aromatic carbocycles. The molecule has 0 saturated carbocycles. The molecule has 0 aliphatic carbocycles. The van der Waals surface area contributed by atoms with Crippen LogP contribution in [0.1, 0.15) is 28.6 Å². The number of rotatable bonds is 4. The number of aromatic nitrogens is 5. The summed E-state index contributed by atoms with van der Waals surface area (Å²) < 4.78 is 14.1. The third kappa shape index (κ3) is 4.55. The first kappa shape index (κ1) is 22.9. The Balaban J connectivity index is 1.26. The molecule has 6 rings (SSSR count). The van der Waals surface area contributed by atoms with Gasteiger partial charge in [-0.1, -0.05) is 18.2 Å². The third-order valence-corrected chi connectivity index (χ3v) is 6.67. The number of nitrogens with zero attached hydrogens (tertiary/aromatic N) is 8. The van der Waals surface area contributed by atoms with Crippen LogP contribution in [0.3, 0.4) is 0 Å². The Morgan fingerprint density at radius 1 is 1.05 bits per heavy atom. The van der Waals surface area contributed by atoms with Gasteiger partial charge in [-0.2, -0.15) is 15.0 Å². The molecule has 1 amide bonds. The number of fused-ring (bicyclic) bond motifs is 1. The highest BCUT2D eigenvalue weighted by atomic mass is 16.7. The normalized spacial score (nSPS) is 16.5. The SMILES string of the molecule is N#Cc1ncn(C(=O)N2CCN(C(c3ccc(-n4cccn4)cc3)c3ccc4c(c3)COCO4)CC2)n1. The van der Waals surface area contributed by atoms with Gasteiger partial charge >= 0.3 is 6.03 Å². The zero-order valence-electron chi connectivity index (χ0n) is 20.0. The number of nitriles is 1. The van der Waals surface area contributed by atoms with Crippen molar-refractivity contribution in [1.29, 1.82) is 5.26 Å². The van der Waals surface area contributed by atoms with E-state index in [0.717, 1.165) is 32.8 Å². The van der Waals surface area contributed by atoms with Crippen molar-refractivity contribution in [3.63, 3.8) is 0 Å². The van der Waals surface area contributed by atoms with E-state index in [-0.39, 0.29) is 24.7 Å². The van der Waals surface area contributed by atoms with Crippen LogP contribution in [0.4, 0.5) is 4.79 Å². The number of carbonyl (C=O) groups excluding carboxylic acids is 1. The molecule has 1 atom stereocenters. The van der Waals surface area contributed by atoms with Gasteiger partial charge in [0.25, 0.3) is 5.82 Å². The van der Waals surface area contributed by atoms with Crippen LogP contribution in [0.5, 0.6) is 5.75 Å². The van der Waals surface area contributed by atoms with Gasteiger partial charge in [0.05, 0.1) is 18.3 Å². The number of ether oxygens (including phenoxy) is 2. The smallest absolute Gasteiger partial charge is 0.346 e. The molecule has 4 aromatic rings. The van der Waals surface area contributed by atoms with Crippen molar-refractivity contribution >= 4 is 6.03 Å². The number of piperazine rings is 1. The van der Waals surface area contributed by atoms with Crippen LogP contribution in [0, 0.1) is 11.3 Å². The Labute approximate surface area is 213 Å². The molecule has 186 valence electrons. The predicted molar refractivity (Wildman–Crippen MR) is 131 cm³/mol. The van der Waals surface area contributed by atoms with E-state index in [2.05, 4.69) is 56.5 Å². The Kier molecular flexibility index (Phi) is 6.10. The second-order valence-electron chi connectivity index (χ2n) is 8.85. The molecule has 2 aliphatic rings. The van der Waals surface area contributed by atoms with Crippen molar-refractivity contribution in [3.8, 4) is 17.5 Å². The summed E-state index contributed by atoms with van der Waals surface area (Å²) in [6.45, 7) is 3.17. The van der Waals surface area contributed by atoms with E-state index >= 15 is 0 Å². The summed E-state index contributed by atoms with van der Waals surface area (Å²) >= 11 is 0. The first-order chi connectivity index (χ1) is 18.2. The van der Waals surface area contributed by atoms with Crippen LogP contribution in [-0.2, 0) is 11.3 Å². The quantitative estimate of drug-likeness (QED) is 0.424. The summed E-state index contributed by atoms with van der Waals surface area (Å²) in [5, 5.41) is 17.2. The molecule has 1 fully saturated rings. The van der Waals surface area contributed by atoms with E-state index in [0.29, 0.717) is 32.8 Å². The molecule has 1 unspecified atom stereocenters. The monoisotopic (exact) mass is 496 g/mol. The number of hydrogen-bond donors (Lipinski definition) is 0. The fourth-order valence-electron chi connectivity index (χ4n) is 4.85. The molecule has 0 spiro atoms. The summed E-state index contributed by atoms with van der Waals surface area (Å²) in [4.78, 5) is 20.8. The first-order valence-corrected chi connectivity index (χ1v) is 12.0. The van der Waals surface area contributed by atoms with E-state index < -0.39 is 0 Å². The second-order valence-corrected chi connectivity index (χ2v) is 8.85. The van der Waals surface area contributed by atoms with Gasteiger partial charge in [0, 0.05) is 44.1 Å². The van der Waals surface area contributed by atoms with E-state index in [1.165, 1.54) is 6.33 Å². The van der Waals surface area contributed by atoms with Gasteiger partial charge in [0.2, 0.25) is 0 Å². The summed E-state index contributed by atoms with van der Waals surface area (Å²) in [7, 11) is 0. The van der Waals surface area contributed by atoms with Gasteiger partial charge in [-0.05, 0) is 41.5 Å². The molecule has 37 heavy (non-hydrogen) atoms. The second kappa shape index (κ2) is 9.85. The fraction of sp³-hybridized carbons (Fsp3) is 0.269. The molecule has 2 aliphatic heterocycles. The molecule has 1 saturated heterocycles. The van der Waals surface area contributed by atoms with Crippen LogP contribution in [0.2, 0.25) is 0 Å². The number of hydrogen-bond acceptors (Lipinski definition) is 8.